The van der Waals surface area contributed by atoms with Gasteiger partial charge in [-0.05, 0) is 37.6 Å². The quantitative estimate of drug-likeness (QED) is 0.818. The summed E-state index contributed by atoms with van der Waals surface area (Å²) in [7, 11) is 0. The molecule has 2 nitrogen and oxygen atoms in total. The van der Waals surface area contributed by atoms with E-state index in [1.807, 2.05) is 25.1 Å². The Morgan fingerprint density at radius 1 is 1.10 bits per heavy atom. The third kappa shape index (κ3) is 4.57. The van der Waals surface area contributed by atoms with Gasteiger partial charge in [-0.3, -0.25) is 0 Å². The zero-order valence-electron chi connectivity index (χ0n) is 12.6. The first-order valence-corrected chi connectivity index (χ1v) is 7.41. The van der Waals surface area contributed by atoms with Crippen molar-refractivity contribution in [3.05, 3.63) is 66.0 Å². The van der Waals surface area contributed by atoms with Gasteiger partial charge in [0.25, 0.3) is 0 Å². The van der Waals surface area contributed by atoms with E-state index in [4.69, 9.17) is 4.74 Å². The molecule has 0 spiro atoms. The first kappa shape index (κ1) is 15.5. The Labute approximate surface area is 126 Å². The number of halogens is 1. The highest BCUT2D eigenvalue weighted by atomic mass is 19.1. The zero-order valence-corrected chi connectivity index (χ0v) is 12.6. The Morgan fingerprint density at radius 3 is 2.52 bits per heavy atom. The third-order valence-electron chi connectivity index (χ3n) is 3.36. The fraction of sp³-hybridized carbons (Fsp3) is 0.333. The van der Waals surface area contributed by atoms with E-state index in [0.717, 1.165) is 13.0 Å². The number of hydrogen-bond donors (Lipinski definition) is 1. The van der Waals surface area contributed by atoms with E-state index in [-0.39, 0.29) is 18.0 Å². The second-order valence-corrected chi connectivity index (χ2v) is 5.12. The number of nitrogens with one attached hydrogen (secondary N) is 1. The predicted octanol–water partition coefficient (Wildman–Crippen LogP) is 4.33. The molecule has 0 aliphatic carbocycles. The van der Waals surface area contributed by atoms with Crippen molar-refractivity contribution in [1.82, 2.24) is 5.32 Å². The van der Waals surface area contributed by atoms with Gasteiger partial charge in [-0.15, -0.1) is 0 Å². The molecule has 0 saturated carbocycles. The van der Waals surface area contributed by atoms with Crippen molar-refractivity contribution in [2.75, 3.05) is 6.54 Å². The Bertz CT molecular complexity index is 544. The van der Waals surface area contributed by atoms with Gasteiger partial charge in [-0.25, -0.2) is 4.39 Å². The zero-order chi connectivity index (χ0) is 15.1. The standard InChI is InChI=1S/C18H22FNO/c1-3-12-20-18(15-8-5-4-6-9-15)14(2)21-17-11-7-10-16(19)13-17/h4-11,13-14,18,20H,3,12H2,1-2H3. The number of benzene rings is 2. The number of rotatable bonds is 7. The Balaban J connectivity index is 2.12. The molecule has 0 amide bonds. The molecule has 2 aromatic rings. The van der Waals surface area contributed by atoms with Crippen molar-refractivity contribution < 1.29 is 9.13 Å². The van der Waals surface area contributed by atoms with Gasteiger partial charge in [0.2, 0.25) is 0 Å². The minimum absolute atomic E-state index is 0.0782. The Kier molecular flexibility index (Phi) is 5.76. The fourth-order valence-electron chi connectivity index (χ4n) is 2.34. The second kappa shape index (κ2) is 7.79. The smallest absolute Gasteiger partial charge is 0.126 e. The van der Waals surface area contributed by atoms with Crippen LogP contribution >= 0.6 is 0 Å². The van der Waals surface area contributed by atoms with Gasteiger partial charge in [-0.1, -0.05) is 43.3 Å². The van der Waals surface area contributed by atoms with E-state index < -0.39 is 0 Å². The van der Waals surface area contributed by atoms with Crippen LogP contribution in [0.3, 0.4) is 0 Å². The number of ether oxygens (including phenoxy) is 1. The molecule has 21 heavy (non-hydrogen) atoms. The van der Waals surface area contributed by atoms with Crippen molar-refractivity contribution in [3.63, 3.8) is 0 Å². The molecule has 0 saturated heterocycles. The molecule has 0 aliphatic rings. The molecule has 2 aromatic carbocycles. The maximum atomic E-state index is 13.2. The molecule has 2 atom stereocenters. The van der Waals surface area contributed by atoms with E-state index in [1.165, 1.54) is 17.7 Å². The lowest BCUT2D eigenvalue weighted by molar-refractivity contribution is 0.170. The highest BCUT2D eigenvalue weighted by Crippen LogP contribution is 2.22. The highest BCUT2D eigenvalue weighted by Gasteiger charge is 2.20. The van der Waals surface area contributed by atoms with E-state index in [1.54, 1.807) is 12.1 Å². The van der Waals surface area contributed by atoms with Crippen LogP contribution in [-0.4, -0.2) is 12.6 Å². The molecule has 2 rings (SSSR count). The molecule has 3 heteroatoms. The molecule has 112 valence electrons. The van der Waals surface area contributed by atoms with Gasteiger partial charge >= 0.3 is 0 Å². The lowest BCUT2D eigenvalue weighted by atomic mass is 10.0. The molecule has 0 bridgehead atoms. The van der Waals surface area contributed by atoms with Crippen LogP contribution in [-0.2, 0) is 0 Å². The molecule has 0 aromatic heterocycles. The van der Waals surface area contributed by atoms with Gasteiger partial charge in [0, 0.05) is 6.07 Å². The summed E-state index contributed by atoms with van der Waals surface area (Å²) in [4.78, 5) is 0. The van der Waals surface area contributed by atoms with Gasteiger partial charge in [0.1, 0.15) is 17.7 Å². The summed E-state index contributed by atoms with van der Waals surface area (Å²) in [6, 6.07) is 16.6. The van der Waals surface area contributed by atoms with Crippen LogP contribution in [0.25, 0.3) is 0 Å². The van der Waals surface area contributed by atoms with E-state index in [2.05, 4.69) is 24.4 Å². The molecule has 2 unspecified atom stereocenters. The predicted molar refractivity (Wildman–Crippen MR) is 84.0 cm³/mol. The summed E-state index contributed by atoms with van der Waals surface area (Å²) < 4.78 is 19.2. The first-order valence-electron chi connectivity index (χ1n) is 7.41. The molecule has 0 radical (unpaired) electrons. The summed E-state index contributed by atoms with van der Waals surface area (Å²) in [5, 5.41) is 3.50. The van der Waals surface area contributed by atoms with E-state index >= 15 is 0 Å². The number of hydrogen-bond acceptors (Lipinski definition) is 2. The van der Waals surface area contributed by atoms with Crippen molar-refractivity contribution in [3.8, 4) is 5.75 Å². The van der Waals surface area contributed by atoms with Crippen molar-refractivity contribution in [2.24, 2.45) is 0 Å². The van der Waals surface area contributed by atoms with Crippen LogP contribution < -0.4 is 10.1 Å². The fourth-order valence-corrected chi connectivity index (χ4v) is 2.34. The molecule has 0 aliphatic heterocycles. The lowest BCUT2D eigenvalue weighted by Gasteiger charge is -2.26. The average Bonchev–Trinajstić information content (AvgIpc) is 2.49. The molecule has 0 heterocycles. The van der Waals surface area contributed by atoms with Crippen LogP contribution in [0, 0.1) is 5.82 Å². The molecular formula is C18H22FNO. The van der Waals surface area contributed by atoms with E-state index in [0.29, 0.717) is 5.75 Å². The van der Waals surface area contributed by atoms with Crippen LogP contribution in [0.15, 0.2) is 54.6 Å². The highest BCUT2D eigenvalue weighted by molar-refractivity contribution is 5.24. The second-order valence-electron chi connectivity index (χ2n) is 5.12. The summed E-state index contributed by atoms with van der Waals surface area (Å²) >= 11 is 0. The Morgan fingerprint density at radius 2 is 1.86 bits per heavy atom. The normalized spacial score (nSPS) is 13.7. The van der Waals surface area contributed by atoms with Gasteiger partial charge in [0.15, 0.2) is 0 Å². The lowest BCUT2D eigenvalue weighted by Crippen LogP contribution is -2.34. The van der Waals surface area contributed by atoms with Gasteiger partial charge < -0.3 is 10.1 Å². The summed E-state index contributed by atoms with van der Waals surface area (Å²) in [6.07, 6.45) is 0.955. The monoisotopic (exact) mass is 287 g/mol. The summed E-state index contributed by atoms with van der Waals surface area (Å²) in [5.74, 6) is 0.277. The first-order chi connectivity index (χ1) is 10.2. The summed E-state index contributed by atoms with van der Waals surface area (Å²) in [5.41, 5.74) is 1.18. The average molecular weight is 287 g/mol. The van der Waals surface area contributed by atoms with Gasteiger partial charge in [-0.2, -0.15) is 0 Å². The van der Waals surface area contributed by atoms with Gasteiger partial charge in [0.05, 0.1) is 6.04 Å². The third-order valence-corrected chi connectivity index (χ3v) is 3.36. The molecule has 0 fully saturated rings. The Hall–Kier alpha value is -1.87. The van der Waals surface area contributed by atoms with Crippen molar-refractivity contribution >= 4 is 0 Å². The largest absolute Gasteiger partial charge is 0.489 e. The van der Waals surface area contributed by atoms with Crippen molar-refractivity contribution in [1.29, 1.82) is 0 Å². The molecular weight excluding hydrogens is 265 g/mol. The minimum Gasteiger partial charge on any atom is -0.489 e. The maximum Gasteiger partial charge on any atom is 0.126 e. The van der Waals surface area contributed by atoms with Crippen molar-refractivity contribution in [2.45, 2.75) is 32.4 Å². The maximum absolute atomic E-state index is 13.2. The topological polar surface area (TPSA) is 21.3 Å². The molecule has 1 N–H and O–H groups in total. The van der Waals surface area contributed by atoms with Crippen LogP contribution in [0.1, 0.15) is 31.9 Å². The van der Waals surface area contributed by atoms with E-state index in [9.17, 15) is 4.39 Å². The SMILES string of the molecule is CCCNC(c1ccccc1)C(C)Oc1cccc(F)c1. The minimum atomic E-state index is -0.280. The van der Waals surface area contributed by atoms with Crippen LogP contribution in [0.2, 0.25) is 0 Å². The van der Waals surface area contributed by atoms with Crippen LogP contribution in [0.4, 0.5) is 4.39 Å². The summed E-state index contributed by atoms with van der Waals surface area (Å²) in [6.45, 7) is 5.05. The van der Waals surface area contributed by atoms with Crippen LogP contribution in [0.5, 0.6) is 5.75 Å².